The Hall–Kier alpha value is -1.10. The Morgan fingerprint density at radius 3 is 1.89 bits per heavy atom. The zero-order valence-corrected chi connectivity index (χ0v) is 11.7. The quantitative estimate of drug-likeness (QED) is 0.386. The zero-order chi connectivity index (χ0) is 13.6. The molecule has 0 rings (SSSR count). The van der Waals surface area contributed by atoms with Gasteiger partial charge in [-0.05, 0) is 25.7 Å². The highest BCUT2D eigenvalue weighted by molar-refractivity contribution is 5.79. The summed E-state index contributed by atoms with van der Waals surface area (Å²) >= 11 is 0. The lowest BCUT2D eigenvalue weighted by Gasteiger charge is -2.01. The first-order chi connectivity index (χ1) is 8.70. The smallest absolute Gasteiger partial charge is 0.132 e. The molecule has 2 heteroatoms. The lowest BCUT2D eigenvalue weighted by atomic mass is 10.0. The zero-order valence-electron chi connectivity index (χ0n) is 11.7. The van der Waals surface area contributed by atoms with Crippen molar-refractivity contribution in [3.8, 4) is 12.3 Å². The van der Waals surface area contributed by atoms with Crippen LogP contribution in [0.15, 0.2) is 0 Å². The highest BCUT2D eigenvalue weighted by atomic mass is 16.1. The second-order valence-corrected chi connectivity index (χ2v) is 4.76. The van der Waals surface area contributed by atoms with Crippen LogP contribution in [-0.4, -0.2) is 11.6 Å². The Balaban J connectivity index is 3.28. The maximum Gasteiger partial charge on any atom is 0.132 e. The first-order valence-electron chi connectivity index (χ1n) is 7.17. The van der Waals surface area contributed by atoms with Gasteiger partial charge in [-0.25, -0.2) is 0 Å². The van der Waals surface area contributed by atoms with Gasteiger partial charge in [-0.3, -0.25) is 9.59 Å². The van der Waals surface area contributed by atoms with E-state index in [1.165, 1.54) is 0 Å². The van der Waals surface area contributed by atoms with Crippen LogP contribution in [0.3, 0.4) is 0 Å². The van der Waals surface area contributed by atoms with E-state index < -0.39 is 0 Å². The Morgan fingerprint density at radius 2 is 1.33 bits per heavy atom. The monoisotopic (exact) mass is 250 g/mol. The third kappa shape index (κ3) is 11.4. The van der Waals surface area contributed by atoms with E-state index in [1.54, 1.807) is 0 Å². The molecule has 0 unspecified atom stereocenters. The molecular formula is C16H26O2. The summed E-state index contributed by atoms with van der Waals surface area (Å²) in [6.45, 7) is 1.88. The number of terminal acetylenes is 1. The molecule has 0 aliphatic heterocycles. The first-order valence-corrected chi connectivity index (χ1v) is 7.17. The molecule has 0 spiro atoms. The first kappa shape index (κ1) is 16.9. The second kappa shape index (κ2) is 12.4. The van der Waals surface area contributed by atoms with Crippen LogP contribution in [0.5, 0.6) is 0 Å². The molecule has 0 radical (unpaired) electrons. The Morgan fingerprint density at radius 1 is 0.833 bits per heavy atom. The van der Waals surface area contributed by atoms with Crippen LogP contribution < -0.4 is 0 Å². The normalized spacial score (nSPS) is 10.0. The van der Waals surface area contributed by atoms with Crippen molar-refractivity contribution >= 4 is 11.6 Å². The molecule has 0 aromatic carbocycles. The van der Waals surface area contributed by atoms with Crippen LogP contribution in [0.2, 0.25) is 0 Å². The van der Waals surface area contributed by atoms with Gasteiger partial charge < -0.3 is 0 Å². The average molecular weight is 250 g/mol. The molecule has 0 saturated heterocycles. The van der Waals surface area contributed by atoms with Crippen molar-refractivity contribution in [2.24, 2.45) is 0 Å². The fourth-order valence-electron chi connectivity index (χ4n) is 1.85. The number of unbranched alkanes of at least 4 members (excludes halogenated alkanes) is 5. The van der Waals surface area contributed by atoms with Gasteiger partial charge in [-0.2, -0.15) is 0 Å². The minimum Gasteiger partial charge on any atom is -0.300 e. The number of ketones is 2. The molecule has 2 nitrogen and oxygen atoms in total. The molecule has 0 amide bonds. The maximum atomic E-state index is 11.5. The average Bonchev–Trinajstić information content (AvgIpc) is 2.38. The Labute approximate surface area is 112 Å². The van der Waals surface area contributed by atoms with E-state index in [0.717, 1.165) is 44.9 Å². The lowest BCUT2D eigenvalue weighted by Crippen LogP contribution is -1.99. The van der Waals surface area contributed by atoms with Crippen molar-refractivity contribution in [2.45, 2.75) is 77.6 Å². The topological polar surface area (TPSA) is 34.1 Å². The summed E-state index contributed by atoms with van der Waals surface area (Å²) in [6, 6.07) is 0. The predicted molar refractivity (Wildman–Crippen MR) is 75.3 cm³/mol. The fraction of sp³-hybridized carbons (Fsp3) is 0.750. The van der Waals surface area contributed by atoms with Crippen molar-refractivity contribution in [3.05, 3.63) is 0 Å². The minimum absolute atomic E-state index is 0.302. The van der Waals surface area contributed by atoms with E-state index >= 15 is 0 Å². The number of hydrogen-bond acceptors (Lipinski definition) is 2. The summed E-state index contributed by atoms with van der Waals surface area (Å²) in [5.74, 6) is 3.27. The van der Waals surface area contributed by atoms with Crippen LogP contribution in [-0.2, 0) is 9.59 Å². The van der Waals surface area contributed by atoms with E-state index in [1.807, 2.05) is 6.92 Å². The van der Waals surface area contributed by atoms with Crippen molar-refractivity contribution in [1.82, 2.24) is 0 Å². The molecule has 0 saturated carbocycles. The fourth-order valence-corrected chi connectivity index (χ4v) is 1.85. The van der Waals surface area contributed by atoms with E-state index in [-0.39, 0.29) is 0 Å². The van der Waals surface area contributed by atoms with Gasteiger partial charge in [-0.1, -0.05) is 19.8 Å². The summed E-state index contributed by atoms with van der Waals surface area (Å²) in [4.78, 5) is 22.6. The molecule has 0 heterocycles. The molecule has 0 aromatic rings. The van der Waals surface area contributed by atoms with Gasteiger partial charge in [0.2, 0.25) is 0 Å². The van der Waals surface area contributed by atoms with E-state index in [9.17, 15) is 9.59 Å². The van der Waals surface area contributed by atoms with Gasteiger partial charge >= 0.3 is 0 Å². The highest BCUT2D eigenvalue weighted by Gasteiger charge is 2.03. The van der Waals surface area contributed by atoms with Crippen LogP contribution in [0.1, 0.15) is 77.6 Å². The van der Waals surface area contributed by atoms with E-state index in [2.05, 4.69) is 5.92 Å². The summed E-state index contributed by atoms with van der Waals surface area (Å²) in [5.41, 5.74) is 0. The Kier molecular flexibility index (Phi) is 11.6. The highest BCUT2D eigenvalue weighted by Crippen LogP contribution is 2.09. The molecule has 0 aliphatic rings. The molecule has 0 aromatic heterocycles. The standard InChI is InChI=1S/C16H26O2/c1-3-5-6-7-8-9-13-16(18)14-11-10-12-15(17)4-2/h1H,4-14H2,2H3. The summed E-state index contributed by atoms with van der Waals surface area (Å²) < 4.78 is 0. The molecular weight excluding hydrogens is 224 g/mol. The second-order valence-electron chi connectivity index (χ2n) is 4.76. The number of rotatable bonds is 12. The van der Waals surface area contributed by atoms with Gasteiger partial charge in [-0.15, -0.1) is 12.3 Å². The van der Waals surface area contributed by atoms with Crippen LogP contribution >= 0.6 is 0 Å². The third-order valence-electron chi connectivity index (χ3n) is 3.08. The number of hydrogen-bond donors (Lipinski definition) is 0. The van der Waals surface area contributed by atoms with Gasteiger partial charge in [0, 0.05) is 32.1 Å². The predicted octanol–water partition coefficient (Wildman–Crippen LogP) is 4.07. The molecule has 0 aliphatic carbocycles. The largest absolute Gasteiger partial charge is 0.300 e. The van der Waals surface area contributed by atoms with Crippen molar-refractivity contribution < 1.29 is 9.59 Å². The number of Topliss-reactive ketones (excluding diaryl/α,β-unsaturated/α-hetero) is 2. The summed E-state index contributed by atoms with van der Waals surface area (Å²) in [7, 11) is 0. The van der Waals surface area contributed by atoms with Crippen molar-refractivity contribution in [2.75, 3.05) is 0 Å². The van der Waals surface area contributed by atoms with Gasteiger partial charge in [0.25, 0.3) is 0 Å². The van der Waals surface area contributed by atoms with Gasteiger partial charge in [0.05, 0.1) is 0 Å². The Bertz CT molecular complexity index is 273. The lowest BCUT2D eigenvalue weighted by molar-refractivity contribution is -0.120. The van der Waals surface area contributed by atoms with Crippen LogP contribution in [0.4, 0.5) is 0 Å². The summed E-state index contributed by atoms with van der Waals surface area (Å²) in [5, 5.41) is 0. The third-order valence-corrected chi connectivity index (χ3v) is 3.08. The molecule has 102 valence electrons. The van der Waals surface area contributed by atoms with Crippen LogP contribution in [0, 0.1) is 12.3 Å². The SMILES string of the molecule is C#CCCCCCCC(=O)CCCCC(=O)CC. The van der Waals surface area contributed by atoms with Crippen molar-refractivity contribution in [3.63, 3.8) is 0 Å². The van der Waals surface area contributed by atoms with Crippen molar-refractivity contribution in [1.29, 1.82) is 0 Å². The van der Waals surface area contributed by atoms with E-state index in [4.69, 9.17) is 6.42 Å². The molecule has 18 heavy (non-hydrogen) atoms. The van der Waals surface area contributed by atoms with Gasteiger partial charge in [0.15, 0.2) is 0 Å². The number of carbonyl (C=O) groups is 2. The molecule has 0 atom stereocenters. The number of carbonyl (C=O) groups excluding carboxylic acids is 2. The van der Waals surface area contributed by atoms with E-state index in [0.29, 0.717) is 37.2 Å². The summed E-state index contributed by atoms with van der Waals surface area (Å²) in [6.07, 6.45) is 14.6. The van der Waals surface area contributed by atoms with Crippen LogP contribution in [0.25, 0.3) is 0 Å². The molecule has 0 fully saturated rings. The molecule has 0 N–H and O–H groups in total. The maximum absolute atomic E-state index is 11.5. The molecule has 0 bridgehead atoms. The van der Waals surface area contributed by atoms with Gasteiger partial charge in [0.1, 0.15) is 11.6 Å². The minimum atomic E-state index is 0.302.